The summed E-state index contributed by atoms with van der Waals surface area (Å²) in [4.78, 5) is 54.3. The molecule has 0 bridgehead atoms. The molecule has 1 saturated carbocycles. The molecule has 3 aromatic carbocycles. The van der Waals surface area contributed by atoms with Crippen molar-refractivity contribution in [3.8, 4) is 5.75 Å². The number of benzene rings is 3. The van der Waals surface area contributed by atoms with Gasteiger partial charge in [-0.15, -0.1) is 0 Å². The van der Waals surface area contributed by atoms with Gasteiger partial charge in [0.2, 0.25) is 5.91 Å². The molecular weight excluding hydrogens is 589 g/mol. The van der Waals surface area contributed by atoms with E-state index in [9.17, 15) is 19.2 Å². The average Bonchev–Trinajstić information content (AvgIpc) is 3.91. The van der Waals surface area contributed by atoms with Gasteiger partial charge in [0, 0.05) is 43.2 Å². The molecule has 10 nitrogen and oxygen atoms in total. The van der Waals surface area contributed by atoms with Crippen molar-refractivity contribution in [2.24, 2.45) is 5.73 Å². The maximum absolute atomic E-state index is 15.1. The summed E-state index contributed by atoms with van der Waals surface area (Å²) in [7, 11) is 0. The minimum absolute atomic E-state index is 0.0676. The van der Waals surface area contributed by atoms with Gasteiger partial charge < -0.3 is 30.9 Å². The summed E-state index contributed by atoms with van der Waals surface area (Å²) in [5, 5.41) is 5.43. The van der Waals surface area contributed by atoms with Gasteiger partial charge in [-0.25, -0.2) is 4.39 Å². The first kappa shape index (κ1) is 31.2. The number of nitrogens with one attached hydrogen (secondary N) is 2. The highest BCUT2D eigenvalue weighted by molar-refractivity contribution is 6.04. The van der Waals surface area contributed by atoms with Crippen LogP contribution >= 0.6 is 0 Å². The number of ether oxygens (including phenoxy) is 1. The first-order valence-electron chi connectivity index (χ1n) is 15.9. The molecule has 3 aromatic rings. The van der Waals surface area contributed by atoms with Crippen LogP contribution in [0.3, 0.4) is 0 Å². The van der Waals surface area contributed by atoms with Crippen LogP contribution in [0.15, 0.2) is 54.6 Å². The quantitative estimate of drug-likeness (QED) is 0.266. The van der Waals surface area contributed by atoms with E-state index in [0.717, 1.165) is 48.8 Å². The molecule has 3 aliphatic rings. The van der Waals surface area contributed by atoms with E-state index in [1.165, 1.54) is 6.07 Å². The molecule has 4 amide bonds. The minimum Gasteiger partial charge on any atom is -0.482 e. The Morgan fingerprint density at radius 2 is 1.78 bits per heavy atom. The molecule has 1 aliphatic carbocycles. The Hall–Kier alpha value is -4.77. The standard InChI is InChI=1S/C35H38FN5O5/c36-28-16-26-20-40(33(43)4-2-1-3-14-37)15-13-24(26)17-30(28)39-34(44)23-7-5-22(6-8-23)19-41(27-10-11-27)35(45)25-9-12-29-31(18-25)46-21-32(42)38-29/h5-9,12,16-18,27H,1-4,10-11,13-15,19-21,37H2,(H,38,42)(H,39,44). The van der Waals surface area contributed by atoms with Gasteiger partial charge in [-0.2, -0.15) is 0 Å². The molecule has 1 fully saturated rings. The number of anilines is 2. The SMILES string of the molecule is NCCCCCC(=O)N1CCc2cc(NC(=O)c3ccc(CN(C(=O)c4ccc5c(c4)OCC(=O)N5)C4CC4)cc3)c(F)cc2C1. The minimum atomic E-state index is -0.547. The molecule has 2 heterocycles. The Morgan fingerprint density at radius 3 is 2.54 bits per heavy atom. The highest BCUT2D eigenvalue weighted by Gasteiger charge is 2.34. The second-order valence-electron chi connectivity index (χ2n) is 12.1. The maximum Gasteiger partial charge on any atom is 0.262 e. The summed E-state index contributed by atoms with van der Waals surface area (Å²) in [6, 6.07) is 15.2. The van der Waals surface area contributed by atoms with Crippen LogP contribution in [-0.4, -0.2) is 59.2 Å². The van der Waals surface area contributed by atoms with Gasteiger partial charge in [0.25, 0.3) is 17.7 Å². The molecule has 4 N–H and O–H groups in total. The van der Waals surface area contributed by atoms with Gasteiger partial charge in [0.1, 0.15) is 11.6 Å². The second kappa shape index (κ2) is 13.7. The van der Waals surface area contributed by atoms with E-state index in [2.05, 4.69) is 10.6 Å². The molecule has 0 atom stereocenters. The lowest BCUT2D eigenvalue weighted by molar-refractivity contribution is -0.132. The number of amides is 4. The first-order chi connectivity index (χ1) is 22.3. The number of carbonyl (C=O) groups is 4. The fraction of sp³-hybridized carbons (Fsp3) is 0.371. The lowest BCUT2D eigenvalue weighted by atomic mass is 9.98. The van der Waals surface area contributed by atoms with Crippen LogP contribution in [0.25, 0.3) is 0 Å². The van der Waals surface area contributed by atoms with E-state index >= 15 is 4.39 Å². The normalized spacial score (nSPS) is 15.3. The van der Waals surface area contributed by atoms with Crippen LogP contribution in [0.4, 0.5) is 15.8 Å². The number of nitrogens with two attached hydrogens (primary N) is 1. The van der Waals surface area contributed by atoms with Crippen LogP contribution in [-0.2, 0) is 29.1 Å². The molecule has 240 valence electrons. The van der Waals surface area contributed by atoms with Crippen LogP contribution in [0.2, 0.25) is 0 Å². The highest BCUT2D eigenvalue weighted by atomic mass is 19.1. The van der Waals surface area contributed by atoms with Crippen molar-refractivity contribution in [2.45, 2.75) is 64.1 Å². The van der Waals surface area contributed by atoms with Crippen molar-refractivity contribution < 1.29 is 28.3 Å². The molecule has 0 unspecified atom stereocenters. The number of rotatable bonds is 11. The number of halogens is 1. The highest BCUT2D eigenvalue weighted by Crippen LogP contribution is 2.33. The molecule has 6 rings (SSSR count). The fourth-order valence-electron chi connectivity index (χ4n) is 5.92. The number of nitrogens with zero attached hydrogens (tertiary/aromatic N) is 2. The Kier molecular flexibility index (Phi) is 9.30. The van der Waals surface area contributed by atoms with Gasteiger partial charge in [0.15, 0.2) is 6.61 Å². The summed E-state index contributed by atoms with van der Waals surface area (Å²) >= 11 is 0. The topological polar surface area (TPSA) is 134 Å². The van der Waals surface area contributed by atoms with E-state index in [1.807, 2.05) is 4.90 Å². The van der Waals surface area contributed by atoms with Crippen molar-refractivity contribution in [1.82, 2.24) is 9.80 Å². The third-order valence-corrected chi connectivity index (χ3v) is 8.68. The fourth-order valence-corrected chi connectivity index (χ4v) is 5.92. The number of hydrogen-bond acceptors (Lipinski definition) is 6. The zero-order valence-corrected chi connectivity index (χ0v) is 25.6. The summed E-state index contributed by atoms with van der Waals surface area (Å²) in [6.45, 7) is 1.81. The van der Waals surface area contributed by atoms with Gasteiger partial charge in [0.05, 0.1) is 11.4 Å². The molecule has 0 radical (unpaired) electrons. The van der Waals surface area contributed by atoms with E-state index < -0.39 is 11.7 Å². The maximum atomic E-state index is 15.1. The number of carbonyl (C=O) groups excluding carboxylic acids is 4. The summed E-state index contributed by atoms with van der Waals surface area (Å²) in [5.41, 5.74) is 9.54. The Bertz CT molecular complexity index is 1660. The zero-order chi connectivity index (χ0) is 32.2. The van der Waals surface area contributed by atoms with Crippen LogP contribution < -0.4 is 21.1 Å². The van der Waals surface area contributed by atoms with E-state index in [0.29, 0.717) is 61.6 Å². The van der Waals surface area contributed by atoms with Crippen molar-refractivity contribution in [3.63, 3.8) is 0 Å². The summed E-state index contributed by atoms with van der Waals surface area (Å²) in [6.07, 6.45) is 5.50. The van der Waals surface area contributed by atoms with Crippen LogP contribution in [0.1, 0.15) is 75.9 Å². The number of hydrogen-bond donors (Lipinski definition) is 3. The van der Waals surface area contributed by atoms with Crippen molar-refractivity contribution in [2.75, 3.05) is 30.3 Å². The number of fused-ring (bicyclic) bond motifs is 2. The summed E-state index contributed by atoms with van der Waals surface area (Å²) < 4.78 is 20.6. The van der Waals surface area contributed by atoms with E-state index in [4.69, 9.17) is 10.5 Å². The van der Waals surface area contributed by atoms with Gasteiger partial charge >= 0.3 is 0 Å². The van der Waals surface area contributed by atoms with Crippen LogP contribution in [0.5, 0.6) is 5.75 Å². The molecule has 0 aromatic heterocycles. The molecule has 0 spiro atoms. The third kappa shape index (κ3) is 7.20. The summed E-state index contributed by atoms with van der Waals surface area (Å²) in [5.74, 6) is -0.819. The lowest BCUT2D eigenvalue weighted by Crippen LogP contribution is -2.36. The zero-order valence-electron chi connectivity index (χ0n) is 25.6. The second-order valence-corrected chi connectivity index (χ2v) is 12.1. The first-order valence-corrected chi connectivity index (χ1v) is 15.9. The Labute approximate surface area is 267 Å². The van der Waals surface area contributed by atoms with Crippen molar-refractivity contribution >= 4 is 35.0 Å². The smallest absolute Gasteiger partial charge is 0.262 e. The van der Waals surface area contributed by atoms with Crippen molar-refractivity contribution in [1.29, 1.82) is 0 Å². The van der Waals surface area contributed by atoms with Gasteiger partial charge in [-0.1, -0.05) is 18.6 Å². The van der Waals surface area contributed by atoms with Gasteiger partial charge in [-0.05, 0) is 97.8 Å². The Morgan fingerprint density at radius 1 is 1.00 bits per heavy atom. The van der Waals surface area contributed by atoms with E-state index in [1.54, 1.807) is 53.4 Å². The Balaban J connectivity index is 1.07. The molecule has 2 aliphatic heterocycles. The predicted molar refractivity (Wildman–Crippen MR) is 171 cm³/mol. The lowest BCUT2D eigenvalue weighted by Gasteiger charge is -2.29. The molecular formula is C35H38FN5O5. The van der Waals surface area contributed by atoms with Gasteiger partial charge in [-0.3, -0.25) is 19.2 Å². The molecule has 46 heavy (non-hydrogen) atoms. The molecule has 0 saturated heterocycles. The van der Waals surface area contributed by atoms with Crippen LogP contribution in [0, 0.1) is 5.82 Å². The number of unbranched alkanes of at least 4 members (excludes halogenated alkanes) is 2. The average molecular weight is 628 g/mol. The van der Waals surface area contributed by atoms with Crippen molar-refractivity contribution in [3.05, 3.63) is 88.2 Å². The third-order valence-electron chi connectivity index (χ3n) is 8.68. The predicted octanol–water partition coefficient (Wildman–Crippen LogP) is 4.62. The van der Waals surface area contributed by atoms with E-state index in [-0.39, 0.29) is 36.1 Å². The molecule has 11 heteroatoms. The largest absolute Gasteiger partial charge is 0.482 e. The monoisotopic (exact) mass is 627 g/mol.